The van der Waals surface area contributed by atoms with Gasteiger partial charge in [0, 0.05) is 6.42 Å². The standard InChI is InChI=1S/C25H40N4O3.Na/c1-14(4-7-20(31)23-26-28-29-27-23)17-5-6-18-22-19(9-11-25(17,18)3)24(2)10-8-16(30)12-15(24)13-21(22)32;/h14-19,21-22,30,32H,4-13H2,1-3H3,(H,26,27,28,29,31);/q;+1/p-1/t14-,15+,16-,17-,18+,19+,21+,22+,24+,25-;/m1./s1. The van der Waals surface area contributed by atoms with Crippen LogP contribution in [0.1, 0.15) is 95.6 Å². The van der Waals surface area contributed by atoms with Gasteiger partial charge in [-0.15, -0.1) is 0 Å². The average molecular weight is 467 g/mol. The Morgan fingerprint density at radius 1 is 1.09 bits per heavy atom. The molecule has 1 heterocycles. The largest absolute Gasteiger partial charge is 1.00 e. The van der Waals surface area contributed by atoms with Crippen LogP contribution in [0.15, 0.2) is 0 Å². The Morgan fingerprint density at radius 2 is 1.82 bits per heavy atom. The molecule has 1 aromatic rings. The van der Waals surface area contributed by atoms with Crippen molar-refractivity contribution in [3.63, 3.8) is 0 Å². The number of aliphatic hydroxyl groups is 2. The summed E-state index contributed by atoms with van der Waals surface area (Å²) in [5.41, 5.74) is 0.504. The predicted molar refractivity (Wildman–Crippen MR) is 118 cm³/mol. The summed E-state index contributed by atoms with van der Waals surface area (Å²) in [4.78, 5) is 12.4. The number of aliphatic hydroxyl groups excluding tert-OH is 2. The number of hydrogen-bond donors (Lipinski definition) is 2. The molecule has 4 saturated carbocycles. The van der Waals surface area contributed by atoms with Crippen molar-refractivity contribution in [1.82, 2.24) is 20.6 Å². The first-order valence-electron chi connectivity index (χ1n) is 12.8. The van der Waals surface area contributed by atoms with Crippen LogP contribution in [0.25, 0.3) is 0 Å². The normalized spacial score (nSPS) is 45.3. The number of nitrogens with zero attached hydrogens (tertiary/aromatic N) is 4. The van der Waals surface area contributed by atoms with Crippen molar-refractivity contribution in [1.29, 1.82) is 0 Å². The molecule has 10 atom stereocenters. The van der Waals surface area contributed by atoms with Crippen molar-refractivity contribution in [3.05, 3.63) is 5.82 Å². The van der Waals surface area contributed by atoms with Crippen LogP contribution in [0.2, 0.25) is 0 Å². The van der Waals surface area contributed by atoms with Crippen LogP contribution in [0.5, 0.6) is 0 Å². The van der Waals surface area contributed by atoms with Gasteiger partial charge >= 0.3 is 29.6 Å². The van der Waals surface area contributed by atoms with Crippen LogP contribution < -0.4 is 34.7 Å². The topological polar surface area (TPSA) is 110 Å². The van der Waals surface area contributed by atoms with E-state index in [0.717, 1.165) is 32.1 Å². The molecule has 8 heteroatoms. The number of fused-ring (bicyclic) bond motifs is 5. The van der Waals surface area contributed by atoms with Gasteiger partial charge in [0.2, 0.25) is 0 Å². The number of hydrogen-bond acceptors (Lipinski definition) is 6. The maximum absolute atomic E-state index is 12.4. The quantitative estimate of drug-likeness (QED) is 0.478. The molecule has 4 aliphatic carbocycles. The van der Waals surface area contributed by atoms with E-state index in [4.69, 9.17) is 0 Å². The number of carbonyl (C=O) groups is 1. The Balaban J connectivity index is 0.00000259. The van der Waals surface area contributed by atoms with E-state index in [1.807, 2.05) is 0 Å². The third-order valence-corrected chi connectivity index (χ3v) is 10.8. The zero-order chi connectivity index (χ0) is 22.7. The van der Waals surface area contributed by atoms with E-state index in [1.54, 1.807) is 0 Å². The fourth-order valence-corrected chi connectivity index (χ4v) is 9.10. The van der Waals surface area contributed by atoms with Gasteiger partial charge in [0.1, 0.15) is 0 Å². The van der Waals surface area contributed by atoms with Gasteiger partial charge in [-0.25, -0.2) is 0 Å². The molecule has 0 aromatic carbocycles. The van der Waals surface area contributed by atoms with Crippen LogP contribution in [0.4, 0.5) is 0 Å². The number of tetrazole rings is 1. The molecule has 0 saturated heterocycles. The summed E-state index contributed by atoms with van der Waals surface area (Å²) in [6.07, 6.45) is 9.42. The van der Waals surface area contributed by atoms with E-state index in [1.165, 1.54) is 25.7 Å². The second-order valence-corrected chi connectivity index (χ2v) is 12.1. The molecule has 5 rings (SSSR count). The summed E-state index contributed by atoms with van der Waals surface area (Å²) in [7, 11) is 0. The van der Waals surface area contributed by atoms with Gasteiger partial charge in [-0.2, -0.15) is 5.21 Å². The van der Waals surface area contributed by atoms with Crippen molar-refractivity contribution in [3.8, 4) is 0 Å². The number of ketones is 1. The Morgan fingerprint density at radius 3 is 2.55 bits per heavy atom. The summed E-state index contributed by atoms with van der Waals surface area (Å²) >= 11 is 0. The molecule has 2 N–H and O–H groups in total. The van der Waals surface area contributed by atoms with Gasteiger partial charge in [-0.05, 0) is 104 Å². The van der Waals surface area contributed by atoms with E-state index in [9.17, 15) is 15.0 Å². The fraction of sp³-hybridized carbons (Fsp3) is 0.920. The molecule has 7 nitrogen and oxygen atoms in total. The summed E-state index contributed by atoms with van der Waals surface area (Å²) < 4.78 is 0. The van der Waals surface area contributed by atoms with Crippen LogP contribution in [0, 0.1) is 46.3 Å². The molecule has 0 aliphatic heterocycles. The maximum Gasteiger partial charge on any atom is 1.00 e. The van der Waals surface area contributed by atoms with Crippen molar-refractivity contribution >= 4 is 5.78 Å². The number of Topliss-reactive ketones (excluding diaryl/α,β-unsaturated/α-hetero) is 1. The molecule has 33 heavy (non-hydrogen) atoms. The summed E-state index contributed by atoms with van der Waals surface area (Å²) in [5, 5.41) is 35.9. The first-order chi connectivity index (χ1) is 15.2. The SMILES string of the molecule is C[C@H](CCC(=O)c1nnn[n-]1)[C@H]1CC[C@H]2[C@@H]3[C@@H](O)C[C@@H]4C[C@H](O)CC[C@]4(C)[C@H]3CC[C@]12C.[Na+]. The van der Waals surface area contributed by atoms with Gasteiger partial charge < -0.3 is 15.3 Å². The van der Waals surface area contributed by atoms with E-state index >= 15 is 0 Å². The van der Waals surface area contributed by atoms with Crippen LogP contribution >= 0.6 is 0 Å². The van der Waals surface area contributed by atoms with Gasteiger partial charge in [0.15, 0.2) is 5.78 Å². The second-order valence-electron chi connectivity index (χ2n) is 12.1. The second kappa shape index (κ2) is 9.61. The predicted octanol–water partition coefficient (Wildman–Crippen LogP) is 0.422. The fourth-order valence-electron chi connectivity index (χ4n) is 9.10. The van der Waals surface area contributed by atoms with E-state index in [-0.39, 0.29) is 64.2 Å². The molecular formula is C25H39N4NaO3. The van der Waals surface area contributed by atoms with Crippen molar-refractivity contribution in [2.45, 2.75) is 97.2 Å². The first-order valence-corrected chi connectivity index (χ1v) is 12.8. The number of rotatable bonds is 5. The molecule has 0 radical (unpaired) electrons. The van der Waals surface area contributed by atoms with Crippen LogP contribution in [-0.2, 0) is 0 Å². The molecule has 0 spiro atoms. The van der Waals surface area contributed by atoms with Crippen LogP contribution in [-0.4, -0.2) is 43.7 Å². The first kappa shape index (κ1) is 25.7. The van der Waals surface area contributed by atoms with E-state index in [2.05, 4.69) is 41.4 Å². The zero-order valence-electron chi connectivity index (χ0n) is 20.8. The molecule has 4 fully saturated rings. The van der Waals surface area contributed by atoms with Crippen molar-refractivity contribution < 1.29 is 44.6 Å². The molecule has 0 unspecified atom stereocenters. The summed E-state index contributed by atoms with van der Waals surface area (Å²) in [6, 6.07) is 0. The smallest absolute Gasteiger partial charge is 0.393 e. The third kappa shape index (κ3) is 4.28. The number of carbonyl (C=O) groups excluding carboxylic acids is 1. The van der Waals surface area contributed by atoms with Crippen molar-refractivity contribution in [2.75, 3.05) is 0 Å². The molecule has 0 bridgehead atoms. The average Bonchev–Trinajstić information content (AvgIpc) is 3.41. The number of aromatic nitrogens is 4. The Labute approximate surface area is 219 Å². The van der Waals surface area contributed by atoms with Gasteiger partial charge in [-0.1, -0.05) is 20.8 Å². The summed E-state index contributed by atoms with van der Waals surface area (Å²) in [6.45, 7) is 7.24. The van der Waals surface area contributed by atoms with E-state index < -0.39 is 0 Å². The minimum absolute atomic E-state index is 0. The molecule has 1 aromatic heterocycles. The molecular weight excluding hydrogens is 427 g/mol. The maximum atomic E-state index is 12.4. The van der Waals surface area contributed by atoms with Gasteiger partial charge in [0.05, 0.1) is 18.0 Å². The molecule has 4 aliphatic rings. The molecule has 0 amide bonds. The van der Waals surface area contributed by atoms with Gasteiger partial charge in [-0.3, -0.25) is 15.1 Å². The Bertz CT molecular complexity index is 838. The minimum atomic E-state index is -0.238. The van der Waals surface area contributed by atoms with Gasteiger partial charge in [0.25, 0.3) is 0 Å². The van der Waals surface area contributed by atoms with E-state index in [0.29, 0.717) is 41.9 Å². The molecule has 178 valence electrons. The Kier molecular flexibility index (Phi) is 7.49. The van der Waals surface area contributed by atoms with Crippen LogP contribution in [0.3, 0.4) is 0 Å². The zero-order valence-corrected chi connectivity index (χ0v) is 22.8. The minimum Gasteiger partial charge on any atom is -0.393 e. The summed E-state index contributed by atoms with van der Waals surface area (Å²) in [5.74, 6) is 3.10. The third-order valence-electron chi connectivity index (χ3n) is 10.8. The monoisotopic (exact) mass is 466 g/mol. The Hall–Kier alpha value is -0.340. The van der Waals surface area contributed by atoms with Crippen molar-refractivity contribution in [2.24, 2.45) is 46.3 Å².